The molecule has 0 aliphatic rings. The number of alkyl halides is 3. The number of halogens is 4. The van der Waals surface area contributed by atoms with Crippen LogP contribution in [0.5, 0.6) is 0 Å². The topological polar surface area (TPSA) is 81.1 Å². The Bertz CT molecular complexity index is 1230. The van der Waals surface area contributed by atoms with Gasteiger partial charge in [0.25, 0.3) is 0 Å². The quantitative estimate of drug-likeness (QED) is 0.218. The van der Waals surface area contributed by atoms with Crippen LogP contribution in [0.4, 0.5) is 18.9 Å². The zero-order valence-corrected chi connectivity index (χ0v) is 23.4. The minimum absolute atomic E-state index is 0.268. The average Bonchev–Trinajstić information content (AvgIpc) is 3.15. The van der Waals surface area contributed by atoms with Gasteiger partial charge in [-0.1, -0.05) is 45.1 Å². The summed E-state index contributed by atoms with van der Waals surface area (Å²) in [7, 11) is -1.22. The summed E-state index contributed by atoms with van der Waals surface area (Å²) in [6.45, 7) is 9.99. The Kier molecular flexibility index (Phi) is 9.25. The van der Waals surface area contributed by atoms with Crippen LogP contribution in [-0.4, -0.2) is 53.9 Å². The number of fused-ring (bicyclic) bond motifs is 1. The van der Waals surface area contributed by atoms with Crippen molar-refractivity contribution in [3.63, 3.8) is 0 Å². The molecular formula is C25H33ClF3N5O2Si. The first-order valence-corrected chi connectivity index (χ1v) is 16.1. The molecule has 3 aromatic heterocycles. The normalized spacial score (nSPS) is 13.2. The second-order valence-corrected chi connectivity index (χ2v) is 16.6. The number of ether oxygens (including phenoxy) is 1. The third-order valence-electron chi connectivity index (χ3n) is 5.69. The van der Waals surface area contributed by atoms with E-state index in [4.69, 9.17) is 16.3 Å². The van der Waals surface area contributed by atoms with Gasteiger partial charge < -0.3 is 19.9 Å². The smallest absolute Gasteiger partial charge is 0.372 e. The highest BCUT2D eigenvalue weighted by Crippen LogP contribution is 2.32. The number of carbonyl (C=O) groups excluding carboxylic acids is 1. The highest BCUT2D eigenvalue weighted by molar-refractivity contribution is 6.76. The van der Waals surface area contributed by atoms with Crippen LogP contribution in [0.25, 0.3) is 22.2 Å². The molecule has 0 spiro atoms. The lowest BCUT2D eigenvalue weighted by atomic mass is 10.0. The van der Waals surface area contributed by atoms with Crippen LogP contribution in [0.3, 0.4) is 0 Å². The van der Waals surface area contributed by atoms with E-state index in [0.717, 1.165) is 22.6 Å². The minimum atomic E-state index is -4.49. The van der Waals surface area contributed by atoms with Crippen LogP contribution in [0.15, 0.2) is 36.9 Å². The van der Waals surface area contributed by atoms with Crippen LogP contribution in [0.1, 0.15) is 13.8 Å². The molecule has 37 heavy (non-hydrogen) atoms. The Morgan fingerprint density at radius 2 is 1.92 bits per heavy atom. The summed E-state index contributed by atoms with van der Waals surface area (Å²) in [5, 5.41) is 6.28. The number of hydrogen-bond acceptors (Lipinski definition) is 5. The van der Waals surface area contributed by atoms with Gasteiger partial charge in [0, 0.05) is 56.0 Å². The number of nitrogens with one attached hydrogen (secondary N) is 2. The van der Waals surface area contributed by atoms with Gasteiger partial charge in [-0.15, -0.1) is 0 Å². The van der Waals surface area contributed by atoms with Crippen molar-refractivity contribution in [2.45, 2.75) is 58.5 Å². The largest absolute Gasteiger partial charge is 0.405 e. The minimum Gasteiger partial charge on any atom is -0.372 e. The third-order valence-corrected chi connectivity index (χ3v) is 7.60. The van der Waals surface area contributed by atoms with Crippen molar-refractivity contribution < 1.29 is 22.7 Å². The lowest BCUT2D eigenvalue weighted by molar-refractivity contribution is -0.139. The molecule has 0 saturated carbocycles. The fourth-order valence-corrected chi connectivity index (χ4v) is 4.61. The third kappa shape index (κ3) is 8.44. The lowest BCUT2D eigenvalue weighted by Crippen LogP contribution is -2.46. The molecule has 0 fully saturated rings. The van der Waals surface area contributed by atoms with E-state index in [1.54, 1.807) is 32.3 Å². The molecular weight excluding hydrogens is 523 g/mol. The standard InChI is InChI=1S/C25H33ClF3N5O2Si/c1-16(2)22(24(35)32-14-25(27,28)29)33-19-8-17(10-30-12-19)21-13-34(15-36-6-7-37(3,4)5)23-20(21)9-18(26)11-31-23/h8-13,16,22,33H,6-7,14-15H2,1-5H3,(H,32,35)/t22-/m0/s1. The second-order valence-electron chi connectivity index (χ2n) is 10.5. The predicted molar refractivity (Wildman–Crippen MR) is 143 cm³/mol. The van der Waals surface area contributed by atoms with Gasteiger partial charge in [0.2, 0.25) is 5.91 Å². The van der Waals surface area contributed by atoms with E-state index in [-0.39, 0.29) is 5.92 Å². The molecule has 0 aliphatic heterocycles. The molecule has 3 aromatic rings. The van der Waals surface area contributed by atoms with E-state index in [1.165, 1.54) is 6.20 Å². The van der Waals surface area contributed by atoms with Crippen LogP contribution in [0, 0.1) is 5.92 Å². The van der Waals surface area contributed by atoms with Crippen LogP contribution < -0.4 is 10.6 Å². The average molecular weight is 556 g/mol. The summed E-state index contributed by atoms with van der Waals surface area (Å²) in [6, 6.07) is 3.78. The Hall–Kier alpha value is -2.63. The fraction of sp³-hybridized carbons (Fsp3) is 0.480. The molecule has 202 valence electrons. The second kappa shape index (κ2) is 11.8. The van der Waals surface area contributed by atoms with E-state index in [2.05, 4.69) is 34.9 Å². The first-order valence-electron chi connectivity index (χ1n) is 12.0. The summed E-state index contributed by atoms with van der Waals surface area (Å²) >= 11 is 6.24. The number of anilines is 1. The van der Waals surface area contributed by atoms with Gasteiger partial charge >= 0.3 is 6.18 Å². The summed E-state index contributed by atoms with van der Waals surface area (Å²) in [6.07, 6.45) is 2.21. The summed E-state index contributed by atoms with van der Waals surface area (Å²) in [4.78, 5) is 21.2. The number of hydrogen-bond donors (Lipinski definition) is 2. The lowest BCUT2D eigenvalue weighted by Gasteiger charge is -2.23. The first kappa shape index (κ1) is 28.9. The molecule has 3 rings (SSSR count). The van der Waals surface area contributed by atoms with E-state index in [9.17, 15) is 18.0 Å². The van der Waals surface area contributed by atoms with Crippen molar-refractivity contribution in [3.8, 4) is 11.1 Å². The summed E-state index contributed by atoms with van der Waals surface area (Å²) in [5.41, 5.74) is 2.76. The van der Waals surface area contributed by atoms with Crippen molar-refractivity contribution in [2.24, 2.45) is 5.92 Å². The van der Waals surface area contributed by atoms with Gasteiger partial charge in [-0.2, -0.15) is 13.2 Å². The summed E-state index contributed by atoms with van der Waals surface area (Å²) in [5.74, 6) is -1.00. The van der Waals surface area contributed by atoms with Gasteiger partial charge in [-0.05, 0) is 24.1 Å². The maximum Gasteiger partial charge on any atom is 0.405 e. The van der Waals surface area contributed by atoms with Crippen molar-refractivity contribution >= 4 is 42.3 Å². The molecule has 1 atom stereocenters. The van der Waals surface area contributed by atoms with Crippen LogP contribution in [-0.2, 0) is 16.3 Å². The molecule has 7 nitrogen and oxygen atoms in total. The van der Waals surface area contributed by atoms with Crippen molar-refractivity contribution in [1.29, 1.82) is 0 Å². The van der Waals surface area contributed by atoms with Crippen molar-refractivity contribution in [3.05, 3.63) is 41.9 Å². The molecule has 0 unspecified atom stereocenters. The van der Waals surface area contributed by atoms with Gasteiger partial charge in [0.1, 0.15) is 25.0 Å². The number of carbonyl (C=O) groups is 1. The van der Waals surface area contributed by atoms with E-state index < -0.39 is 32.7 Å². The van der Waals surface area contributed by atoms with Crippen LogP contribution >= 0.6 is 11.6 Å². The number of rotatable bonds is 11. The maximum absolute atomic E-state index is 12.6. The van der Waals surface area contributed by atoms with E-state index in [0.29, 0.717) is 29.7 Å². The zero-order chi connectivity index (χ0) is 27.4. The molecule has 2 N–H and O–H groups in total. The monoisotopic (exact) mass is 555 g/mol. The Morgan fingerprint density at radius 3 is 2.57 bits per heavy atom. The molecule has 0 aliphatic carbocycles. The van der Waals surface area contributed by atoms with Crippen molar-refractivity contribution in [2.75, 3.05) is 18.5 Å². The highest BCUT2D eigenvalue weighted by Gasteiger charge is 2.30. The number of aromatic nitrogens is 3. The Morgan fingerprint density at radius 1 is 1.19 bits per heavy atom. The molecule has 0 saturated heterocycles. The van der Waals surface area contributed by atoms with Gasteiger partial charge in [-0.3, -0.25) is 9.78 Å². The van der Waals surface area contributed by atoms with E-state index >= 15 is 0 Å². The first-order chi connectivity index (χ1) is 17.2. The van der Waals surface area contributed by atoms with Gasteiger partial charge in [0.05, 0.1) is 10.7 Å². The van der Waals surface area contributed by atoms with Gasteiger partial charge in [-0.25, -0.2) is 4.98 Å². The highest BCUT2D eigenvalue weighted by atomic mass is 35.5. The number of pyridine rings is 2. The predicted octanol–water partition coefficient (Wildman–Crippen LogP) is 6.18. The molecule has 12 heteroatoms. The molecule has 0 radical (unpaired) electrons. The fourth-order valence-electron chi connectivity index (χ4n) is 3.69. The Balaban J connectivity index is 1.86. The van der Waals surface area contributed by atoms with Gasteiger partial charge in [0.15, 0.2) is 0 Å². The van der Waals surface area contributed by atoms with Crippen molar-refractivity contribution in [1.82, 2.24) is 19.9 Å². The number of nitrogens with zero attached hydrogens (tertiary/aromatic N) is 3. The van der Waals surface area contributed by atoms with E-state index in [1.807, 2.05) is 22.1 Å². The molecule has 1 amide bonds. The molecule has 0 aromatic carbocycles. The Labute approximate surface area is 220 Å². The zero-order valence-electron chi connectivity index (χ0n) is 21.6. The van der Waals surface area contributed by atoms with Crippen LogP contribution in [0.2, 0.25) is 30.7 Å². The molecule has 3 heterocycles. The maximum atomic E-state index is 12.6. The molecule has 0 bridgehead atoms. The summed E-state index contributed by atoms with van der Waals surface area (Å²) < 4.78 is 45.6. The SMILES string of the molecule is CC(C)[C@H](Nc1cncc(-c2cn(COCC[Si](C)(C)C)c3ncc(Cl)cc23)c1)C(=O)NCC(F)(F)F. The number of amides is 1.